The summed E-state index contributed by atoms with van der Waals surface area (Å²) in [6.45, 7) is -0.656. The van der Waals surface area contributed by atoms with Crippen molar-refractivity contribution < 1.29 is 14.6 Å². The fraction of sp³-hybridized carbons (Fsp3) is 0.333. The normalized spacial score (nSPS) is 6.71. The van der Waals surface area contributed by atoms with Crippen molar-refractivity contribution in [3.63, 3.8) is 0 Å². The van der Waals surface area contributed by atoms with Crippen LogP contribution in [0.25, 0.3) is 0 Å². The van der Waals surface area contributed by atoms with E-state index in [0.29, 0.717) is 0 Å². The number of hydrogen-bond donors (Lipinski definition) is 0. The second kappa shape index (κ2) is 2.97. The molecular weight excluding hydrogens is 98.0 g/mol. The van der Waals surface area contributed by atoms with Gasteiger partial charge in [-0.1, -0.05) is 0 Å². The summed E-state index contributed by atoms with van der Waals surface area (Å²) in [5.74, 6) is -1.39. The van der Waals surface area contributed by atoms with Crippen molar-refractivity contribution in [3.05, 3.63) is 0 Å². The van der Waals surface area contributed by atoms with Gasteiger partial charge >= 0.3 is 0 Å². The van der Waals surface area contributed by atoms with E-state index < -0.39 is 12.6 Å². The molecule has 0 aliphatic carbocycles. The number of rotatable bonds is 2. The monoisotopic (exact) mass is 100 g/mol. The van der Waals surface area contributed by atoms with Crippen LogP contribution in [0, 0.1) is 11.5 Å². The first-order valence-electron chi connectivity index (χ1n) is 1.48. The molecule has 0 N–H and O–H groups in total. The van der Waals surface area contributed by atoms with E-state index in [1.165, 1.54) is 6.26 Å². The molecule has 0 unspecified atom stereocenters. The Morgan fingerprint density at radius 1 is 2.00 bits per heavy atom. The molecule has 4 heteroatoms. The van der Waals surface area contributed by atoms with Crippen LogP contribution in [0.2, 0.25) is 0 Å². The number of hydrogen-bond acceptors (Lipinski definition) is 4. The van der Waals surface area contributed by atoms with Crippen LogP contribution in [0.15, 0.2) is 0 Å². The molecule has 0 heterocycles. The summed E-state index contributed by atoms with van der Waals surface area (Å²) in [4.78, 5) is 9.37. The molecule has 0 aromatic carbocycles. The lowest BCUT2D eigenvalue weighted by atomic mass is 10.8. The Morgan fingerprint density at radius 3 is 2.71 bits per heavy atom. The Labute approximate surface area is 39.9 Å². The van der Waals surface area contributed by atoms with Gasteiger partial charge in [-0.25, -0.2) is 0 Å². The number of nitriles is 1. The first-order valence-corrected chi connectivity index (χ1v) is 1.48. The first kappa shape index (κ1) is 5.76. The van der Waals surface area contributed by atoms with Gasteiger partial charge in [0.2, 0.25) is 0 Å². The van der Waals surface area contributed by atoms with Crippen LogP contribution in [-0.4, -0.2) is 12.6 Å². The number of aliphatic carboxylic acids is 1. The van der Waals surface area contributed by atoms with Gasteiger partial charge in [-0.15, -0.1) is 0 Å². The number of carbonyl (C=O) groups excluding carboxylic acids is 1. The maximum Gasteiger partial charge on any atom is 0.286 e. The van der Waals surface area contributed by atoms with E-state index in [9.17, 15) is 9.90 Å². The maximum absolute atomic E-state index is 9.37. The second-order valence-electron chi connectivity index (χ2n) is 0.752. The zero-order valence-corrected chi connectivity index (χ0v) is 3.38. The van der Waals surface area contributed by atoms with E-state index in [2.05, 4.69) is 4.74 Å². The highest BCUT2D eigenvalue weighted by Crippen LogP contribution is 1.62. The van der Waals surface area contributed by atoms with Gasteiger partial charge in [-0.05, 0) is 0 Å². The average Bonchev–Trinajstić information content (AvgIpc) is 1.61. The average molecular weight is 100 g/mol. The van der Waals surface area contributed by atoms with Gasteiger partial charge < -0.3 is 14.6 Å². The molecule has 0 radical (unpaired) electrons. The van der Waals surface area contributed by atoms with Crippen molar-refractivity contribution in [1.29, 1.82) is 5.26 Å². The number of carboxylic acid groups (broad SMARTS) is 1. The molecule has 0 aromatic heterocycles. The zero-order chi connectivity index (χ0) is 5.70. The van der Waals surface area contributed by atoms with Crippen LogP contribution >= 0.6 is 0 Å². The van der Waals surface area contributed by atoms with Crippen molar-refractivity contribution in [2.45, 2.75) is 0 Å². The van der Waals surface area contributed by atoms with Gasteiger partial charge in [0.05, 0.1) is 5.97 Å². The predicted octanol–water partition coefficient (Wildman–Crippen LogP) is -1.77. The van der Waals surface area contributed by atoms with Crippen LogP contribution in [0.4, 0.5) is 0 Å². The molecule has 0 bridgehead atoms. The van der Waals surface area contributed by atoms with E-state index >= 15 is 0 Å². The predicted molar refractivity (Wildman–Crippen MR) is 16.6 cm³/mol. The van der Waals surface area contributed by atoms with Gasteiger partial charge in [0.25, 0.3) is 6.26 Å². The Kier molecular flexibility index (Phi) is 2.44. The summed E-state index contributed by atoms with van der Waals surface area (Å²) < 4.78 is 3.74. The number of carboxylic acids is 1. The molecule has 7 heavy (non-hydrogen) atoms. The highest BCUT2D eigenvalue weighted by Gasteiger charge is 1.78. The van der Waals surface area contributed by atoms with Crippen LogP contribution in [-0.2, 0) is 9.53 Å². The summed E-state index contributed by atoms with van der Waals surface area (Å²) in [5, 5.41) is 16.9. The molecule has 0 saturated carbocycles. The van der Waals surface area contributed by atoms with Gasteiger partial charge in [0.1, 0.15) is 6.61 Å². The molecule has 0 rings (SSSR count). The third-order valence-corrected chi connectivity index (χ3v) is 0.255. The van der Waals surface area contributed by atoms with Crippen LogP contribution in [0.5, 0.6) is 0 Å². The van der Waals surface area contributed by atoms with Crippen LogP contribution in [0.3, 0.4) is 0 Å². The number of carbonyl (C=O) groups is 1. The first-order chi connectivity index (χ1) is 3.27. The molecule has 0 saturated heterocycles. The lowest BCUT2D eigenvalue weighted by Crippen LogP contribution is -2.26. The van der Waals surface area contributed by atoms with Crippen molar-refractivity contribution in [2.24, 2.45) is 0 Å². The molecule has 38 valence electrons. The summed E-state index contributed by atoms with van der Waals surface area (Å²) >= 11 is 0. The van der Waals surface area contributed by atoms with Gasteiger partial charge in [0, 0.05) is 0 Å². The van der Waals surface area contributed by atoms with Gasteiger partial charge in [-0.3, -0.25) is 0 Å². The Hall–Kier alpha value is -1.24. The third kappa shape index (κ3) is 4.76. The van der Waals surface area contributed by atoms with Crippen molar-refractivity contribution in [1.82, 2.24) is 0 Å². The third-order valence-electron chi connectivity index (χ3n) is 0.255. The topological polar surface area (TPSA) is 73.1 Å². The standard InChI is InChI=1S/C3H3NO3/c4-2-7-1-3(5)6/h1H2,(H,5,6)/p-1. The zero-order valence-electron chi connectivity index (χ0n) is 3.38. The summed E-state index contributed by atoms with van der Waals surface area (Å²) in [6, 6.07) is 0. The minimum Gasteiger partial charge on any atom is -0.546 e. The smallest absolute Gasteiger partial charge is 0.286 e. The van der Waals surface area contributed by atoms with E-state index in [4.69, 9.17) is 5.26 Å². The van der Waals surface area contributed by atoms with Gasteiger partial charge in [-0.2, -0.15) is 5.26 Å². The summed E-state index contributed by atoms with van der Waals surface area (Å²) in [6.07, 6.45) is 1.18. The van der Waals surface area contributed by atoms with Crippen molar-refractivity contribution in [2.75, 3.05) is 6.61 Å². The van der Waals surface area contributed by atoms with Crippen LogP contribution in [0.1, 0.15) is 0 Å². The molecule has 0 atom stereocenters. The molecule has 0 aromatic rings. The van der Waals surface area contributed by atoms with Crippen LogP contribution < -0.4 is 5.11 Å². The van der Waals surface area contributed by atoms with E-state index in [1.54, 1.807) is 0 Å². The quantitative estimate of drug-likeness (QED) is 0.385. The minimum absolute atomic E-state index is 0.656. The molecular formula is C3H2NO3-. The van der Waals surface area contributed by atoms with E-state index in [1.807, 2.05) is 0 Å². The molecule has 0 aliphatic rings. The van der Waals surface area contributed by atoms with Crippen molar-refractivity contribution >= 4 is 5.97 Å². The molecule has 4 nitrogen and oxygen atoms in total. The fourth-order valence-corrected chi connectivity index (χ4v) is 0.0912. The van der Waals surface area contributed by atoms with E-state index in [0.717, 1.165) is 0 Å². The number of nitrogens with zero attached hydrogens (tertiary/aromatic N) is 1. The Bertz CT molecular complexity index is 103. The Balaban J connectivity index is 3.02. The molecule has 0 amide bonds. The molecule has 0 spiro atoms. The van der Waals surface area contributed by atoms with Gasteiger partial charge in [0.15, 0.2) is 0 Å². The minimum atomic E-state index is -1.39. The SMILES string of the molecule is N#COCC(=O)[O-]. The second-order valence-corrected chi connectivity index (χ2v) is 0.752. The maximum atomic E-state index is 9.37. The highest BCUT2D eigenvalue weighted by atomic mass is 16.5. The molecule has 0 aliphatic heterocycles. The lowest BCUT2D eigenvalue weighted by molar-refractivity contribution is -0.308. The van der Waals surface area contributed by atoms with Crippen molar-refractivity contribution in [3.8, 4) is 6.26 Å². The lowest BCUT2D eigenvalue weighted by Gasteiger charge is -1.93. The highest BCUT2D eigenvalue weighted by molar-refractivity contribution is 5.65. The molecule has 0 fully saturated rings. The fourth-order valence-electron chi connectivity index (χ4n) is 0.0912. The largest absolute Gasteiger partial charge is 0.546 e. The summed E-state index contributed by atoms with van der Waals surface area (Å²) in [7, 11) is 0. The summed E-state index contributed by atoms with van der Waals surface area (Å²) in [5.41, 5.74) is 0. The van der Waals surface area contributed by atoms with E-state index in [-0.39, 0.29) is 0 Å². The number of ether oxygens (including phenoxy) is 1. The Morgan fingerprint density at radius 2 is 2.57 bits per heavy atom.